The van der Waals surface area contributed by atoms with Crippen LogP contribution in [-0.2, 0) is 4.79 Å². The molecule has 2 aromatic rings. The molecule has 2 heterocycles. The maximum atomic E-state index is 12.2. The van der Waals surface area contributed by atoms with E-state index in [-0.39, 0.29) is 18.5 Å². The summed E-state index contributed by atoms with van der Waals surface area (Å²) in [5, 5.41) is 4.74. The minimum absolute atomic E-state index is 0.150. The third-order valence-corrected chi connectivity index (χ3v) is 4.58. The van der Waals surface area contributed by atoms with Gasteiger partial charge in [-0.2, -0.15) is 0 Å². The van der Waals surface area contributed by atoms with Crippen molar-refractivity contribution in [3.8, 4) is 0 Å². The van der Waals surface area contributed by atoms with E-state index in [1.807, 2.05) is 24.4 Å². The summed E-state index contributed by atoms with van der Waals surface area (Å²) in [5.74, 6) is -1.19. The van der Waals surface area contributed by atoms with Crippen molar-refractivity contribution in [2.75, 3.05) is 6.54 Å². The minimum Gasteiger partial charge on any atom is -0.347 e. The summed E-state index contributed by atoms with van der Waals surface area (Å²) in [6.07, 6.45) is 0. The Bertz CT molecular complexity index is 705. The van der Waals surface area contributed by atoms with E-state index in [1.165, 1.54) is 0 Å². The molecule has 3 amide bonds. The molecule has 0 unspecified atom stereocenters. The summed E-state index contributed by atoms with van der Waals surface area (Å²) in [6.45, 7) is 1.61. The first-order chi connectivity index (χ1) is 10.6. The summed E-state index contributed by atoms with van der Waals surface area (Å²) in [6, 6.07) is 10.3. The van der Waals surface area contributed by atoms with E-state index in [0.717, 1.165) is 9.78 Å². The van der Waals surface area contributed by atoms with Crippen LogP contribution < -0.4 is 5.32 Å². The van der Waals surface area contributed by atoms with Crippen molar-refractivity contribution < 1.29 is 14.4 Å². The van der Waals surface area contributed by atoms with Crippen LogP contribution in [0, 0.1) is 0 Å². The Labute approximate surface area is 131 Å². The van der Waals surface area contributed by atoms with Crippen molar-refractivity contribution in [3.05, 3.63) is 57.8 Å². The van der Waals surface area contributed by atoms with Crippen LogP contribution in [0.3, 0.4) is 0 Å². The highest BCUT2D eigenvalue weighted by Crippen LogP contribution is 2.22. The molecule has 1 aromatic heterocycles. The lowest BCUT2D eigenvalue weighted by Gasteiger charge is -2.16. The van der Waals surface area contributed by atoms with E-state index in [0.29, 0.717) is 11.1 Å². The molecule has 1 aromatic carbocycles. The second-order valence-electron chi connectivity index (χ2n) is 5.05. The Kier molecular flexibility index (Phi) is 3.77. The van der Waals surface area contributed by atoms with Crippen LogP contribution in [0.25, 0.3) is 0 Å². The van der Waals surface area contributed by atoms with Gasteiger partial charge in [0.25, 0.3) is 11.8 Å². The highest BCUT2D eigenvalue weighted by atomic mass is 32.1. The van der Waals surface area contributed by atoms with Crippen molar-refractivity contribution in [1.29, 1.82) is 0 Å². The molecule has 1 atom stereocenters. The number of rotatable bonds is 4. The number of benzene rings is 1. The van der Waals surface area contributed by atoms with Gasteiger partial charge in [-0.05, 0) is 30.5 Å². The quantitative estimate of drug-likeness (QED) is 0.880. The zero-order valence-corrected chi connectivity index (χ0v) is 12.7. The molecule has 6 heteroatoms. The zero-order valence-electron chi connectivity index (χ0n) is 11.9. The molecule has 0 saturated heterocycles. The molecule has 0 saturated carbocycles. The van der Waals surface area contributed by atoms with Crippen molar-refractivity contribution in [2.24, 2.45) is 0 Å². The monoisotopic (exact) mass is 314 g/mol. The third kappa shape index (κ3) is 2.53. The molecule has 0 aliphatic carbocycles. The van der Waals surface area contributed by atoms with E-state index < -0.39 is 11.8 Å². The summed E-state index contributed by atoms with van der Waals surface area (Å²) in [7, 11) is 0. The first-order valence-corrected chi connectivity index (χ1v) is 7.74. The molecule has 0 fully saturated rings. The summed E-state index contributed by atoms with van der Waals surface area (Å²) < 4.78 is 0. The largest absolute Gasteiger partial charge is 0.347 e. The Balaban J connectivity index is 1.68. The highest BCUT2D eigenvalue weighted by Gasteiger charge is 2.36. The van der Waals surface area contributed by atoms with E-state index in [9.17, 15) is 14.4 Å². The molecule has 112 valence electrons. The van der Waals surface area contributed by atoms with Crippen LogP contribution in [0.4, 0.5) is 0 Å². The predicted molar refractivity (Wildman–Crippen MR) is 82.7 cm³/mol. The predicted octanol–water partition coefficient (Wildman–Crippen LogP) is 2.22. The average Bonchev–Trinajstić information content (AvgIpc) is 3.12. The van der Waals surface area contributed by atoms with Gasteiger partial charge in [-0.15, -0.1) is 11.3 Å². The lowest BCUT2D eigenvalue weighted by Crippen LogP contribution is -2.41. The van der Waals surface area contributed by atoms with Gasteiger partial charge >= 0.3 is 0 Å². The Morgan fingerprint density at radius 1 is 1.14 bits per heavy atom. The minimum atomic E-state index is -0.417. The fraction of sp³-hybridized carbons (Fsp3) is 0.188. The Morgan fingerprint density at radius 2 is 1.77 bits per heavy atom. The summed E-state index contributed by atoms with van der Waals surface area (Å²) in [5.41, 5.74) is 0.707. The zero-order chi connectivity index (χ0) is 15.7. The maximum absolute atomic E-state index is 12.2. The Hall–Kier alpha value is -2.47. The fourth-order valence-electron chi connectivity index (χ4n) is 2.42. The van der Waals surface area contributed by atoms with Gasteiger partial charge in [-0.25, -0.2) is 0 Å². The van der Waals surface area contributed by atoms with Crippen LogP contribution in [0.1, 0.15) is 38.6 Å². The van der Waals surface area contributed by atoms with Crippen LogP contribution in [0.2, 0.25) is 0 Å². The molecule has 3 rings (SSSR count). The van der Waals surface area contributed by atoms with Crippen molar-refractivity contribution >= 4 is 29.1 Å². The second-order valence-corrected chi connectivity index (χ2v) is 6.03. The number of nitrogens with one attached hydrogen (secondary N) is 1. The molecular formula is C16H14N2O3S. The highest BCUT2D eigenvalue weighted by molar-refractivity contribution is 7.10. The normalized spacial score (nSPS) is 14.9. The van der Waals surface area contributed by atoms with Gasteiger partial charge in [0.05, 0.1) is 17.2 Å². The van der Waals surface area contributed by atoms with Crippen LogP contribution in [-0.4, -0.2) is 29.2 Å². The summed E-state index contributed by atoms with van der Waals surface area (Å²) in [4.78, 5) is 38.5. The molecule has 5 nitrogen and oxygen atoms in total. The molecule has 22 heavy (non-hydrogen) atoms. The van der Waals surface area contributed by atoms with Gasteiger partial charge in [0, 0.05) is 4.88 Å². The van der Waals surface area contributed by atoms with Crippen molar-refractivity contribution in [2.45, 2.75) is 13.0 Å². The fourth-order valence-corrected chi connectivity index (χ4v) is 3.16. The second kappa shape index (κ2) is 5.73. The molecule has 0 bridgehead atoms. The topological polar surface area (TPSA) is 66.5 Å². The van der Waals surface area contributed by atoms with E-state index in [1.54, 1.807) is 35.6 Å². The van der Waals surface area contributed by atoms with Crippen LogP contribution in [0.15, 0.2) is 41.8 Å². The number of thiophene rings is 1. The van der Waals surface area contributed by atoms with Gasteiger partial charge < -0.3 is 5.32 Å². The molecule has 1 N–H and O–H groups in total. The number of amides is 3. The first kappa shape index (κ1) is 14.5. The molecule has 1 aliphatic rings. The van der Waals surface area contributed by atoms with E-state index in [2.05, 4.69) is 5.32 Å². The summed E-state index contributed by atoms with van der Waals surface area (Å²) >= 11 is 1.54. The molecule has 0 spiro atoms. The molecular weight excluding hydrogens is 300 g/mol. The SMILES string of the molecule is C[C@@H](NC(=O)CN1C(=O)c2ccccc2C1=O)c1cccs1. The standard InChI is InChI=1S/C16H14N2O3S/c1-10(13-7-4-8-22-13)17-14(19)9-18-15(20)11-5-2-3-6-12(11)16(18)21/h2-8,10H,9H2,1H3,(H,17,19)/t10-/m1/s1. The van der Waals surface area contributed by atoms with Gasteiger partial charge in [-0.3, -0.25) is 19.3 Å². The lowest BCUT2D eigenvalue weighted by molar-refractivity contribution is -0.122. The smallest absolute Gasteiger partial charge is 0.262 e. The van der Waals surface area contributed by atoms with Crippen LogP contribution >= 0.6 is 11.3 Å². The molecule has 1 aliphatic heterocycles. The maximum Gasteiger partial charge on any atom is 0.262 e. The number of fused-ring (bicyclic) bond motifs is 1. The number of nitrogens with zero attached hydrogens (tertiary/aromatic N) is 1. The number of hydrogen-bond acceptors (Lipinski definition) is 4. The van der Waals surface area contributed by atoms with E-state index in [4.69, 9.17) is 0 Å². The first-order valence-electron chi connectivity index (χ1n) is 6.86. The third-order valence-electron chi connectivity index (χ3n) is 3.53. The lowest BCUT2D eigenvalue weighted by atomic mass is 10.1. The number of hydrogen-bond donors (Lipinski definition) is 1. The number of imide groups is 1. The van der Waals surface area contributed by atoms with Crippen molar-refractivity contribution in [1.82, 2.24) is 10.2 Å². The van der Waals surface area contributed by atoms with Gasteiger partial charge in [0.1, 0.15) is 6.54 Å². The number of carbonyl (C=O) groups excluding carboxylic acids is 3. The van der Waals surface area contributed by atoms with Crippen molar-refractivity contribution in [3.63, 3.8) is 0 Å². The van der Waals surface area contributed by atoms with E-state index >= 15 is 0 Å². The van der Waals surface area contributed by atoms with Crippen LogP contribution in [0.5, 0.6) is 0 Å². The molecule has 0 radical (unpaired) electrons. The van der Waals surface area contributed by atoms with Gasteiger partial charge in [0.2, 0.25) is 5.91 Å². The number of carbonyl (C=O) groups is 3. The van der Waals surface area contributed by atoms with Gasteiger partial charge in [0.15, 0.2) is 0 Å². The Morgan fingerprint density at radius 3 is 2.32 bits per heavy atom. The average molecular weight is 314 g/mol. The van der Waals surface area contributed by atoms with Gasteiger partial charge in [-0.1, -0.05) is 18.2 Å².